The maximum Gasteiger partial charge on any atom is 0.0397 e. The van der Waals surface area contributed by atoms with Crippen LogP contribution in [0.2, 0.25) is 0 Å². The molecule has 1 aromatic carbocycles. The van der Waals surface area contributed by atoms with Crippen molar-refractivity contribution in [2.45, 2.75) is 33.7 Å². The van der Waals surface area contributed by atoms with Gasteiger partial charge < -0.3 is 10.6 Å². The topological polar surface area (TPSA) is 29.3 Å². The molecule has 1 unspecified atom stereocenters. The zero-order valence-corrected chi connectivity index (χ0v) is 10.4. The first-order valence-corrected chi connectivity index (χ1v) is 5.52. The predicted octanol–water partition coefficient (Wildman–Crippen LogP) is 3.06. The Labute approximate surface area is 93.1 Å². The van der Waals surface area contributed by atoms with Gasteiger partial charge in [-0.25, -0.2) is 0 Å². The second-order valence-corrected chi connectivity index (χ2v) is 4.64. The molecule has 2 N–H and O–H groups in total. The summed E-state index contributed by atoms with van der Waals surface area (Å²) >= 11 is 0. The van der Waals surface area contributed by atoms with Gasteiger partial charge in [-0.1, -0.05) is 13.8 Å². The first-order valence-electron chi connectivity index (χ1n) is 5.52. The van der Waals surface area contributed by atoms with Crippen LogP contribution in [0.3, 0.4) is 0 Å². The molecule has 0 radical (unpaired) electrons. The van der Waals surface area contributed by atoms with Crippen LogP contribution in [0, 0.1) is 12.8 Å². The van der Waals surface area contributed by atoms with Crippen LogP contribution in [0.15, 0.2) is 18.2 Å². The van der Waals surface area contributed by atoms with E-state index >= 15 is 0 Å². The second-order valence-electron chi connectivity index (χ2n) is 4.64. The Morgan fingerprint density at radius 2 is 1.80 bits per heavy atom. The molecule has 0 heterocycles. The monoisotopic (exact) mass is 206 g/mol. The average Bonchev–Trinajstić information content (AvgIpc) is 2.15. The smallest absolute Gasteiger partial charge is 0.0397 e. The first-order chi connectivity index (χ1) is 6.93. The number of rotatable bonds is 3. The Morgan fingerprint density at radius 1 is 1.20 bits per heavy atom. The van der Waals surface area contributed by atoms with Crippen molar-refractivity contribution in [3.05, 3.63) is 23.8 Å². The summed E-state index contributed by atoms with van der Waals surface area (Å²) in [5.74, 6) is 0.645. The van der Waals surface area contributed by atoms with Crippen molar-refractivity contribution in [2.75, 3.05) is 17.7 Å². The SMILES string of the molecule is Cc1cc(N)ccc1N(C)C(C)C(C)C. The summed E-state index contributed by atoms with van der Waals surface area (Å²) in [6, 6.07) is 6.63. The van der Waals surface area contributed by atoms with Gasteiger partial charge in [0, 0.05) is 24.5 Å². The van der Waals surface area contributed by atoms with Crippen LogP contribution in [0.1, 0.15) is 26.3 Å². The number of nitrogen functional groups attached to an aromatic ring is 1. The minimum absolute atomic E-state index is 0.535. The van der Waals surface area contributed by atoms with Gasteiger partial charge in [0.05, 0.1) is 0 Å². The number of hydrogen-bond donors (Lipinski definition) is 1. The molecule has 2 nitrogen and oxygen atoms in total. The third-order valence-electron chi connectivity index (χ3n) is 3.18. The molecule has 0 aliphatic carbocycles. The molecule has 0 saturated carbocycles. The molecule has 0 bridgehead atoms. The molecule has 0 fully saturated rings. The van der Waals surface area contributed by atoms with Crippen LogP contribution in [0.5, 0.6) is 0 Å². The third-order valence-corrected chi connectivity index (χ3v) is 3.18. The lowest BCUT2D eigenvalue weighted by molar-refractivity contribution is 0.505. The van der Waals surface area contributed by atoms with Crippen LogP contribution >= 0.6 is 0 Å². The van der Waals surface area contributed by atoms with Gasteiger partial charge in [0.15, 0.2) is 0 Å². The number of hydrogen-bond acceptors (Lipinski definition) is 2. The average molecular weight is 206 g/mol. The van der Waals surface area contributed by atoms with Crippen molar-refractivity contribution < 1.29 is 0 Å². The van der Waals surface area contributed by atoms with Crippen LogP contribution in [-0.4, -0.2) is 13.1 Å². The lowest BCUT2D eigenvalue weighted by Gasteiger charge is -2.31. The van der Waals surface area contributed by atoms with E-state index < -0.39 is 0 Å². The maximum atomic E-state index is 5.75. The highest BCUT2D eigenvalue weighted by Gasteiger charge is 2.14. The lowest BCUT2D eigenvalue weighted by atomic mass is 10.0. The van der Waals surface area contributed by atoms with E-state index in [0.717, 1.165) is 5.69 Å². The molecule has 1 atom stereocenters. The summed E-state index contributed by atoms with van der Waals surface area (Å²) in [4.78, 5) is 2.32. The van der Waals surface area contributed by atoms with Crippen LogP contribution in [0.25, 0.3) is 0 Å². The molecule has 0 aromatic heterocycles. The fraction of sp³-hybridized carbons (Fsp3) is 0.538. The van der Waals surface area contributed by atoms with E-state index in [1.54, 1.807) is 0 Å². The van der Waals surface area contributed by atoms with Crippen molar-refractivity contribution >= 4 is 11.4 Å². The van der Waals surface area contributed by atoms with Crippen LogP contribution in [-0.2, 0) is 0 Å². The molecular weight excluding hydrogens is 184 g/mol. The van der Waals surface area contributed by atoms with Gasteiger partial charge >= 0.3 is 0 Å². The fourth-order valence-corrected chi connectivity index (χ4v) is 1.74. The molecule has 15 heavy (non-hydrogen) atoms. The molecular formula is C13H22N2. The summed E-state index contributed by atoms with van der Waals surface area (Å²) in [5.41, 5.74) is 9.09. The van der Waals surface area contributed by atoms with E-state index in [9.17, 15) is 0 Å². The van der Waals surface area contributed by atoms with E-state index in [4.69, 9.17) is 5.73 Å². The number of nitrogens with zero attached hydrogens (tertiary/aromatic N) is 1. The molecule has 2 heteroatoms. The van der Waals surface area contributed by atoms with Crippen molar-refractivity contribution in [2.24, 2.45) is 5.92 Å². The zero-order valence-electron chi connectivity index (χ0n) is 10.4. The standard InChI is InChI=1S/C13H22N2/c1-9(2)11(4)15(5)13-7-6-12(14)8-10(13)3/h6-9,11H,14H2,1-5H3. The first kappa shape index (κ1) is 11.9. The number of nitrogens with two attached hydrogens (primary N) is 1. The Kier molecular flexibility index (Phi) is 3.61. The van der Waals surface area contributed by atoms with Crippen molar-refractivity contribution in [3.8, 4) is 0 Å². The van der Waals surface area contributed by atoms with Gasteiger partial charge in [0.25, 0.3) is 0 Å². The van der Waals surface area contributed by atoms with Gasteiger partial charge in [0.2, 0.25) is 0 Å². The van der Waals surface area contributed by atoms with E-state index in [0.29, 0.717) is 12.0 Å². The van der Waals surface area contributed by atoms with Gasteiger partial charge in [-0.2, -0.15) is 0 Å². The van der Waals surface area contributed by atoms with Gasteiger partial charge in [-0.15, -0.1) is 0 Å². The number of aryl methyl sites for hydroxylation is 1. The molecule has 1 aromatic rings. The Bertz CT molecular complexity index is 331. The summed E-state index contributed by atoms with van der Waals surface area (Å²) in [6.07, 6.45) is 0. The van der Waals surface area contributed by atoms with Crippen molar-refractivity contribution in [3.63, 3.8) is 0 Å². The quantitative estimate of drug-likeness (QED) is 0.770. The minimum atomic E-state index is 0.535. The van der Waals surface area contributed by atoms with Gasteiger partial charge in [-0.05, 0) is 43.5 Å². The minimum Gasteiger partial charge on any atom is -0.399 e. The van der Waals surface area contributed by atoms with Crippen LogP contribution in [0.4, 0.5) is 11.4 Å². The predicted molar refractivity (Wildman–Crippen MR) is 68.3 cm³/mol. The zero-order chi connectivity index (χ0) is 11.6. The highest BCUT2D eigenvalue weighted by molar-refractivity contribution is 5.59. The second kappa shape index (κ2) is 4.56. The van der Waals surface area contributed by atoms with Crippen molar-refractivity contribution in [1.29, 1.82) is 0 Å². The molecule has 0 aliphatic rings. The maximum absolute atomic E-state index is 5.75. The molecule has 0 aliphatic heterocycles. The summed E-state index contributed by atoms with van der Waals surface area (Å²) in [7, 11) is 2.14. The summed E-state index contributed by atoms with van der Waals surface area (Å²) < 4.78 is 0. The van der Waals surface area contributed by atoms with E-state index in [-0.39, 0.29) is 0 Å². The van der Waals surface area contributed by atoms with Gasteiger partial charge in [-0.3, -0.25) is 0 Å². The largest absolute Gasteiger partial charge is 0.399 e. The Morgan fingerprint density at radius 3 is 2.27 bits per heavy atom. The Balaban J connectivity index is 2.96. The highest BCUT2D eigenvalue weighted by atomic mass is 15.1. The third kappa shape index (κ3) is 2.65. The highest BCUT2D eigenvalue weighted by Crippen LogP contribution is 2.24. The summed E-state index contributed by atoms with van der Waals surface area (Å²) in [6.45, 7) is 8.84. The number of anilines is 2. The Hall–Kier alpha value is -1.18. The van der Waals surface area contributed by atoms with Crippen LogP contribution < -0.4 is 10.6 Å². The lowest BCUT2D eigenvalue weighted by Crippen LogP contribution is -2.33. The van der Waals surface area contributed by atoms with E-state index in [1.165, 1.54) is 11.3 Å². The van der Waals surface area contributed by atoms with Crippen molar-refractivity contribution in [1.82, 2.24) is 0 Å². The van der Waals surface area contributed by atoms with E-state index in [1.807, 2.05) is 12.1 Å². The fourth-order valence-electron chi connectivity index (χ4n) is 1.74. The normalized spacial score (nSPS) is 12.9. The van der Waals surface area contributed by atoms with E-state index in [2.05, 4.69) is 45.7 Å². The summed E-state index contributed by atoms with van der Waals surface area (Å²) in [5, 5.41) is 0. The molecule has 1 rings (SSSR count). The molecule has 0 saturated heterocycles. The molecule has 0 spiro atoms. The number of benzene rings is 1. The molecule has 84 valence electrons. The molecule has 0 amide bonds. The van der Waals surface area contributed by atoms with Gasteiger partial charge in [0.1, 0.15) is 0 Å².